The first-order chi connectivity index (χ1) is 8.51. The minimum absolute atomic E-state index is 0.0877. The van der Waals surface area contributed by atoms with Crippen LogP contribution in [0.15, 0.2) is 12.1 Å². The summed E-state index contributed by atoms with van der Waals surface area (Å²) < 4.78 is 0. The van der Waals surface area contributed by atoms with Crippen molar-refractivity contribution in [3.63, 3.8) is 0 Å². The summed E-state index contributed by atoms with van der Waals surface area (Å²) in [5.74, 6) is 0.282. The highest BCUT2D eigenvalue weighted by Crippen LogP contribution is 2.25. The molecule has 0 spiro atoms. The number of hydrogen-bond acceptors (Lipinski definition) is 4. The number of aryl methyl sites for hydroxylation is 1. The van der Waals surface area contributed by atoms with Gasteiger partial charge in [0.05, 0.1) is 4.92 Å². The van der Waals surface area contributed by atoms with Gasteiger partial charge in [-0.05, 0) is 32.9 Å². The van der Waals surface area contributed by atoms with Crippen LogP contribution in [0.25, 0.3) is 0 Å². The third kappa shape index (κ3) is 3.26. The van der Waals surface area contributed by atoms with Gasteiger partial charge in [-0.2, -0.15) is 0 Å². The highest BCUT2D eigenvalue weighted by molar-refractivity contribution is 5.36. The summed E-state index contributed by atoms with van der Waals surface area (Å²) in [4.78, 5) is 14.8. The average molecular weight is 251 g/mol. The van der Waals surface area contributed by atoms with Crippen LogP contribution in [0.4, 0.5) is 5.69 Å². The molecule has 5 nitrogen and oxygen atoms in total. The molecule has 0 saturated heterocycles. The van der Waals surface area contributed by atoms with Crippen molar-refractivity contribution in [3.05, 3.63) is 33.6 Å². The third-order valence-corrected chi connectivity index (χ3v) is 3.23. The molecule has 0 aromatic carbocycles. The normalized spacial score (nSPS) is 14.2. The molecular formula is C13H21N3O2. The second kappa shape index (κ2) is 6.44. The van der Waals surface area contributed by atoms with Gasteiger partial charge in [0, 0.05) is 23.7 Å². The Bertz CT molecular complexity index is 421. The van der Waals surface area contributed by atoms with Crippen molar-refractivity contribution in [2.75, 3.05) is 6.54 Å². The summed E-state index contributed by atoms with van der Waals surface area (Å²) >= 11 is 0. The predicted molar refractivity (Wildman–Crippen MR) is 71.8 cm³/mol. The minimum Gasteiger partial charge on any atom is -0.314 e. The number of nitro groups is 1. The fourth-order valence-electron chi connectivity index (χ4n) is 2.26. The van der Waals surface area contributed by atoms with Gasteiger partial charge in [0.2, 0.25) is 0 Å². The van der Waals surface area contributed by atoms with Gasteiger partial charge in [-0.1, -0.05) is 13.8 Å². The molecule has 0 aliphatic rings. The van der Waals surface area contributed by atoms with Crippen LogP contribution in [-0.2, 0) is 0 Å². The fourth-order valence-corrected chi connectivity index (χ4v) is 2.26. The molecule has 1 heterocycles. The molecule has 1 rings (SSSR count). The summed E-state index contributed by atoms with van der Waals surface area (Å²) in [6.07, 6.45) is 0.957. The first-order valence-electron chi connectivity index (χ1n) is 6.36. The lowest BCUT2D eigenvalue weighted by atomic mass is 9.93. The van der Waals surface area contributed by atoms with Crippen molar-refractivity contribution in [1.29, 1.82) is 0 Å². The molecule has 0 saturated carbocycles. The van der Waals surface area contributed by atoms with Crippen LogP contribution in [0, 0.1) is 17.0 Å². The first-order valence-corrected chi connectivity index (χ1v) is 6.36. The molecular weight excluding hydrogens is 230 g/mol. The molecule has 18 heavy (non-hydrogen) atoms. The lowest BCUT2D eigenvalue weighted by Crippen LogP contribution is -2.32. The molecule has 0 radical (unpaired) electrons. The summed E-state index contributed by atoms with van der Waals surface area (Å²) in [5, 5.41) is 14.1. The van der Waals surface area contributed by atoms with E-state index in [1.807, 2.05) is 0 Å². The molecule has 0 amide bonds. The van der Waals surface area contributed by atoms with Crippen LogP contribution in [0.3, 0.4) is 0 Å². The second-order valence-electron chi connectivity index (χ2n) is 4.46. The summed E-state index contributed by atoms with van der Waals surface area (Å²) in [6, 6.07) is 3.64. The molecule has 0 bridgehead atoms. The van der Waals surface area contributed by atoms with Crippen molar-refractivity contribution in [3.8, 4) is 0 Å². The van der Waals surface area contributed by atoms with Crippen LogP contribution in [-0.4, -0.2) is 22.5 Å². The third-order valence-electron chi connectivity index (χ3n) is 3.23. The molecule has 0 aliphatic carbocycles. The summed E-state index contributed by atoms with van der Waals surface area (Å²) in [5.41, 5.74) is 1.50. The number of hydrogen-bond donors (Lipinski definition) is 1. The smallest absolute Gasteiger partial charge is 0.290 e. The van der Waals surface area contributed by atoms with Gasteiger partial charge in [-0.3, -0.25) is 15.1 Å². The van der Waals surface area contributed by atoms with E-state index in [4.69, 9.17) is 0 Å². The van der Waals surface area contributed by atoms with E-state index in [9.17, 15) is 10.1 Å². The number of nitrogens with zero attached hydrogens (tertiary/aromatic N) is 2. The lowest BCUT2D eigenvalue weighted by molar-refractivity contribution is -0.385. The Kier molecular flexibility index (Phi) is 5.22. The van der Waals surface area contributed by atoms with E-state index in [-0.39, 0.29) is 16.5 Å². The average Bonchev–Trinajstić information content (AvgIpc) is 2.29. The van der Waals surface area contributed by atoms with Gasteiger partial charge in [0.1, 0.15) is 5.69 Å². The van der Waals surface area contributed by atoms with E-state index in [0.29, 0.717) is 11.7 Å². The maximum atomic E-state index is 10.8. The molecule has 5 heteroatoms. The standard InChI is InChI=1S/C13H21N3O2/c1-5-11(9(3)14-6-2)12-7-8-13(16(17)18)10(4)15-12/h7-9,11,14H,5-6H2,1-4H3. The van der Waals surface area contributed by atoms with Crippen molar-refractivity contribution >= 4 is 5.69 Å². The number of aromatic nitrogens is 1. The van der Waals surface area contributed by atoms with E-state index in [2.05, 4.69) is 31.1 Å². The molecule has 2 unspecified atom stereocenters. The van der Waals surface area contributed by atoms with E-state index >= 15 is 0 Å². The predicted octanol–water partition coefficient (Wildman–Crippen LogP) is 2.79. The molecule has 1 aromatic rings. The van der Waals surface area contributed by atoms with Crippen molar-refractivity contribution in [2.45, 2.75) is 46.1 Å². The SMILES string of the molecule is CCNC(C)C(CC)c1ccc([N+](=O)[O-])c(C)n1. The van der Waals surface area contributed by atoms with Crippen molar-refractivity contribution in [1.82, 2.24) is 10.3 Å². The highest BCUT2D eigenvalue weighted by atomic mass is 16.6. The second-order valence-corrected chi connectivity index (χ2v) is 4.46. The topological polar surface area (TPSA) is 68.1 Å². The van der Waals surface area contributed by atoms with Crippen LogP contribution >= 0.6 is 0 Å². The van der Waals surface area contributed by atoms with E-state index in [1.165, 1.54) is 0 Å². The largest absolute Gasteiger partial charge is 0.314 e. The zero-order chi connectivity index (χ0) is 13.7. The van der Waals surface area contributed by atoms with E-state index in [1.54, 1.807) is 19.1 Å². The van der Waals surface area contributed by atoms with E-state index in [0.717, 1.165) is 18.7 Å². The lowest BCUT2D eigenvalue weighted by Gasteiger charge is -2.23. The zero-order valence-corrected chi connectivity index (χ0v) is 11.4. The monoisotopic (exact) mass is 251 g/mol. The van der Waals surface area contributed by atoms with Crippen molar-refractivity contribution in [2.24, 2.45) is 0 Å². The minimum atomic E-state index is -0.388. The Hall–Kier alpha value is -1.49. The maximum absolute atomic E-state index is 10.8. The molecule has 0 fully saturated rings. The molecule has 1 aromatic heterocycles. The Balaban J connectivity index is 3.01. The van der Waals surface area contributed by atoms with Crippen molar-refractivity contribution < 1.29 is 4.92 Å². The van der Waals surface area contributed by atoms with Crippen LogP contribution in [0.2, 0.25) is 0 Å². The van der Waals surface area contributed by atoms with Crippen LogP contribution in [0.5, 0.6) is 0 Å². The maximum Gasteiger partial charge on any atom is 0.290 e. The van der Waals surface area contributed by atoms with Gasteiger partial charge in [0.25, 0.3) is 5.69 Å². The Morgan fingerprint density at radius 1 is 1.44 bits per heavy atom. The Morgan fingerprint density at radius 2 is 2.11 bits per heavy atom. The highest BCUT2D eigenvalue weighted by Gasteiger charge is 2.20. The molecule has 0 aliphatic heterocycles. The summed E-state index contributed by atoms with van der Waals surface area (Å²) in [6.45, 7) is 8.89. The zero-order valence-electron chi connectivity index (χ0n) is 11.4. The van der Waals surface area contributed by atoms with E-state index < -0.39 is 0 Å². The molecule has 1 N–H and O–H groups in total. The van der Waals surface area contributed by atoms with Crippen LogP contribution in [0.1, 0.15) is 44.5 Å². The van der Waals surface area contributed by atoms with Crippen LogP contribution < -0.4 is 5.32 Å². The fraction of sp³-hybridized carbons (Fsp3) is 0.615. The summed E-state index contributed by atoms with van der Waals surface area (Å²) in [7, 11) is 0. The first kappa shape index (κ1) is 14.6. The van der Waals surface area contributed by atoms with Gasteiger partial charge in [0.15, 0.2) is 0 Å². The molecule has 2 atom stereocenters. The van der Waals surface area contributed by atoms with Gasteiger partial charge in [-0.15, -0.1) is 0 Å². The Morgan fingerprint density at radius 3 is 2.56 bits per heavy atom. The van der Waals surface area contributed by atoms with Gasteiger partial charge >= 0.3 is 0 Å². The number of pyridine rings is 1. The quantitative estimate of drug-likeness (QED) is 0.623. The number of likely N-dealkylation sites (N-methyl/N-ethyl adjacent to an activating group) is 1. The number of rotatable bonds is 6. The van der Waals surface area contributed by atoms with Gasteiger partial charge < -0.3 is 5.32 Å². The van der Waals surface area contributed by atoms with Gasteiger partial charge in [-0.25, -0.2) is 0 Å². The Labute approximate surface area is 108 Å². The number of nitrogens with one attached hydrogen (secondary N) is 1. The molecule has 100 valence electrons.